The van der Waals surface area contributed by atoms with Crippen LogP contribution >= 0.6 is 11.6 Å². The van der Waals surface area contributed by atoms with Crippen molar-refractivity contribution in [1.29, 1.82) is 0 Å². The first-order valence-corrected chi connectivity index (χ1v) is 14.6. The van der Waals surface area contributed by atoms with Crippen molar-refractivity contribution in [3.63, 3.8) is 0 Å². The molecule has 0 radical (unpaired) electrons. The number of halogens is 2. The van der Waals surface area contributed by atoms with Gasteiger partial charge in [-0.15, -0.1) is 0 Å². The van der Waals surface area contributed by atoms with Gasteiger partial charge < -0.3 is 19.2 Å². The summed E-state index contributed by atoms with van der Waals surface area (Å²) in [6.45, 7) is 6.85. The lowest BCUT2D eigenvalue weighted by atomic mass is 9.77. The number of nitrogens with one attached hydrogen (secondary N) is 1. The van der Waals surface area contributed by atoms with Gasteiger partial charge in [0.25, 0.3) is 0 Å². The molecule has 0 aliphatic carbocycles. The lowest BCUT2D eigenvalue weighted by Gasteiger charge is -2.54. The molecule has 2 aliphatic rings. The molecule has 1 N–H and O–H groups in total. The van der Waals surface area contributed by atoms with E-state index in [4.69, 9.17) is 30.8 Å². The molecule has 2 fully saturated rings. The van der Waals surface area contributed by atoms with Crippen molar-refractivity contribution in [2.45, 2.75) is 50.9 Å². The summed E-state index contributed by atoms with van der Waals surface area (Å²) in [6.07, 6.45) is 3.38. The Hall–Kier alpha value is -3.60. The molecule has 2 saturated heterocycles. The Morgan fingerprint density at radius 1 is 1.21 bits per heavy atom. The van der Waals surface area contributed by atoms with Gasteiger partial charge in [-0.05, 0) is 69.3 Å². The fourth-order valence-electron chi connectivity index (χ4n) is 5.93. The average Bonchev–Trinajstić information content (AvgIpc) is 3.49. The van der Waals surface area contributed by atoms with Crippen molar-refractivity contribution in [2.75, 3.05) is 26.3 Å². The molecule has 0 spiro atoms. The molecule has 4 aromatic rings. The van der Waals surface area contributed by atoms with Crippen LogP contribution in [0.2, 0.25) is 5.02 Å². The third-order valence-corrected chi connectivity index (χ3v) is 8.92. The standard InChI is InChI=1S/C31H33ClFN5O4/c1-19-15-42-31(19,17-41-30(39)27-9-8-26-29(37-27)35-18-34-26)20(2)38-12-10-21(11-13-38)25-4-3-5-28(36-25)40-16-22-14-23(32)6-7-24(22)33/h3-9,14,18-21H,10-13,15-17H2,1-2H3,(H,34,35,37)/t19?,20-,31-/m0/s1. The van der Waals surface area contributed by atoms with Crippen LogP contribution in [0.4, 0.5) is 4.39 Å². The predicted molar refractivity (Wildman–Crippen MR) is 155 cm³/mol. The molecule has 0 amide bonds. The minimum absolute atomic E-state index is 0.0493. The molecule has 2 aliphatic heterocycles. The van der Waals surface area contributed by atoms with E-state index in [2.05, 4.69) is 33.7 Å². The van der Waals surface area contributed by atoms with Gasteiger partial charge >= 0.3 is 5.97 Å². The van der Waals surface area contributed by atoms with Gasteiger partial charge in [0, 0.05) is 40.2 Å². The number of rotatable bonds is 9. The Labute approximate surface area is 248 Å². The molecule has 6 rings (SSSR count). The zero-order valence-corrected chi connectivity index (χ0v) is 24.3. The van der Waals surface area contributed by atoms with Crippen LogP contribution in [0.1, 0.15) is 54.4 Å². The van der Waals surface area contributed by atoms with Gasteiger partial charge in [0.1, 0.15) is 30.1 Å². The Morgan fingerprint density at radius 2 is 2.05 bits per heavy atom. The van der Waals surface area contributed by atoms with E-state index in [1.165, 1.54) is 12.1 Å². The molecule has 3 aromatic heterocycles. The summed E-state index contributed by atoms with van der Waals surface area (Å²) < 4.78 is 31.8. The van der Waals surface area contributed by atoms with Crippen molar-refractivity contribution in [3.05, 3.63) is 82.6 Å². The quantitative estimate of drug-likeness (QED) is 0.252. The van der Waals surface area contributed by atoms with E-state index in [1.54, 1.807) is 30.6 Å². The number of aromatic nitrogens is 4. The number of carbonyl (C=O) groups excluding carboxylic acids is 1. The first-order chi connectivity index (χ1) is 20.3. The third-order valence-electron chi connectivity index (χ3n) is 8.68. The Bertz CT molecular complexity index is 1580. The van der Waals surface area contributed by atoms with Crippen LogP contribution in [-0.4, -0.2) is 68.8 Å². The van der Waals surface area contributed by atoms with Gasteiger partial charge in [-0.3, -0.25) is 4.90 Å². The third kappa shape index (κ3) is 5.71. The number of nitrogens with zero attached hydrogens (tertiary/aromatic N) is 4. The number of imidazole rings is 1. The molecular formula is C31H33ClFN5O4. The largest absolute Gasteiger partial charge is 0.473 e. The highest BCUT2D eigenvalue weighted by Crippen LogP contribution is 2.40. The molecule has 220 valence electrons. The van der Waals surface area contributed by atoms with Gasteiger partial charge in [-0.1, -0.05) is 24.6 Å². The zero-order valence-electron chi connectivity index (χ0n) is 23.6. The van der Waals surface area contributed by atoms with Crippen molar-refractivity contribution < 1.29 is 23.4 Å². The van der Waals surface area contributed by atoms with Gasteiger partial charge in [-0.2, -0.15) is 0 Å². The number of pyridine rings is 2. The second-order valence-electron chi connectivity index (χ2n) is 11.1. The van der Waals surface area contributed by atoms with Crippen molar-refractivity contribution >= 4 is 28.7 Å². The summed E-state index contributed by atoms with van der Waals surface area (Å²) in [5.74, 6) is 0.131. The van der Waals surface area contributed by atoms with Crippen molar-refractivity contribution in [3.8, 4) is 5.88 Å². The highest BCUT2D eigenvalue weighted by molar-refractivity contribution is 6.30. The van der Waals surface area contributed by atoms with E-state index in [1.807, 2.05) is 12.1 Å². The SMILES string of the molecule is CC1CO[C@]1(COC(=O)c1ccc2nc[nH]c2n1)[C@H](C)N1CCC(c2cccc(OCc3cc(Cl)ccc3F)n2)CC1. The fourth-order valence-corrected chi connectivity index (χ4v) is 6.12. The summed E-state index contributed by atoms with van der Waals surface area (Å²) in [5, 5.41) is 0.462. The number of H-pyrrole nitrogens is 1. The van der Waals surface area contributed by atoms with E-state index in [0.717, 1.165) is 31.6 Å². The summed E-state index contributed by atoms with van der Waals surface area (Å²) >= 11 is 6.00. The summed E-state index contributed by atoms with van der Waals surface area (Å²) in [5.41, 5.74) is 2.24. The van der Waals surface area contributed by atoms with Gasteiger partial charge in [0.2, 0.25) is 5.88 Å². The summed E-state index contributed by atoms with van der Waals surface area (Å²) in [7, 11) is 0. The number of piperidine rings is 1. The number of likely N-dealkylation sites (tertiary alicyclic amines) is 1. The maximum Gasteiger partial charge on any atom is 0.357 e. The highest BCUT2D eigenvalue weighted by Gasteiger charge is 2.53. The number of esters is 1. The first-order valence-electron chi connectivity index (χ1n) is 14.2. The maximum absolute atomic E-state index is 14.1. The molecule has 0 bridgehead atoms. The minimum atomic E-state index is -0.581. The van der Waals surface area contributed by atoms with E-state index >= 15 is 0 Å². The number of benzene rings is 1. The van der Waals surface area contributed by atoms with Crippen LogP contribution in [0.15, 0.2) is 54.9 Å². The smallest absolute Gasteiger partial charge is 0.357 e. The Balaban J connectivity index is 1.05. The lowest BCUT2D eigenvalue weighted by molar-refractivity contribution is -0.246. The number of fused-ring (bicyclic) bond motifs is 1. The molecule has 1 aromatic carbocycles. The van der Waals surface area contributed by atoms with Gasteiger partial charge in [-0.25, -0.2) is 24.1 Å². The topological polar surface area (TPSA) is 102 Å². The number of hydrogen-bond acceptors (Lipinski definition) is 8. The van der Waals surface area contributed by atoms with Crippen LogP contribution in [0.25, 0.3) is 11.2 Å². The number of ether oxygens (including phenoxy) is 3. The molecule has 9 nitrogen and oxygen atoms in total. The van der Waals surface area contributed by atoms with Crippen molar-refractivity contribution in [1.82, 2.24) is 24.8 Å². The van der Waals surface area contributed by atoms with Crippen LogP contribution in [0, 0.1) is 11.7 Å². The first kappa shape index (κ1) is 28.5. The van der Waals surface area contributed by atoms with E-state index in [9.17, 15) is 9.18 Å². The summed E-state index contributed by atoms with van der Waals surface area (Å²) in [4.78, 5) is 31.4. The number of aromatic amines is 1. The molecular weight excluding hydrogens is 561 g/mol. The molecule has 5 heterocycles. The molecule has 42 heavy (non-hydrogen) atoms. The Kier molecular flexibility index (Phi) is 8.11. The Morgan fingerprint density at radius 3 is 2.81 bits per heavy atom. The second-order valence-corrected chi connectivity index (χ2v) is 11.6. The monoisotopic (exact) mass is 593 g/mol. The minimum Gasteiger partial charge on any atom is -0.473 e. The van der Waals surface area contributed by atoms with Crippen LogP contribution < -0.4 is 4.74 Å². The van der Waals surface area contributed by atoms with Gasteiger partial charge in [0.15, 0.2) is 11.3 Å². The molecule has 1 unspecified atom stereocenters. The number of carbonyl (C=O) groups is 1. The maximum atomic E-state index is 14.1. The second kappa shape index (κ2) is 11.9. The fraction of sp³-hybridized carbons (Fsp3) is 0.419. The predicted octanol–water partition coefficient (Wildman–Crippen LogP) is 5.55. The highest BCUT2D eigenvalue weighted by atomic mass is 35.5. The average molecular weight is 594 g/mol. The van der Waals surface area contributed by atoms with E-state index in [0.29, 0.717) is 34.2 Å². The van der Waals surface area contributed by atoms with E-state index in [-0.39, 0.29) is 42.6 Å². The normalized spacial score (nSPS) is 22.0. The van der Waals surface area contributed by atoms with Crippen molar-refractivity contribution in [2.24, 2.45) is 5.92 Å². The summed E-state index contributed by atoms with van der Waals surface area (Å²) in [6, 6.07) is 13.6. The molecule has 3 atom stereocenters. The lowest BCUT2D eigenvalue weighted by Crippen LogP contribution is -2.67. The van der Waals surface area contributed by atoms with E-state index < -0.39 is 11.6 Å². The molecule has 0 saturated carbocycles. The molecule has 11 heteroatoms. The van der Waals surface area contributed by atoms with Gasteiger partial charge in [0.05, 0.1) is 12.9 Å². The van der Waals surface area contributed by atoms with Crippen LogP contribution in [0.5, 0.6) is 5.88 Å². The van der Waals surface area contributed by atoms with Crippen LogP contribution in [0.3, 0.4) is 0 Å². The number of hydrogen-bond donors (Lipinski definition) is 1. The van der Waals surface area contributed by atoms with Crippen LogP contribution in [-0.2, 0) is 16.1 Å². The zero-order chi connectivity index (χ0) is 29.3.